The number of carbonyl (C=O) groups is 1. The number of benzene rings is 1. The normalized spacial score (nSPS) is 16.5. The average Bonchev–Trinajstić information content (AvgIpc) is 3.15. The monoisotopic (exact) mass is 326 g/mol. The molecule has 2 N–H and O–H groups in total. The highest BCUT2D eigenvalue weighted by molar-refractivity contribution is 6.32. The van der Waals surface area contributed by atoms with E-state index >= 15 is 0 Å². The molecule has 1 atom stereocenters. The molecule has 2 aromatic heterocycles. The predicted octanol–water partition coefficient (Wildman–Crippen LogP) is 2.87. The Morgan fingerprint density at radius 1 is 1.26 bits per heavy atom. The Morgan fingerprint density at radius 3 is 3.00 bits per heavy atom. The second-order valence-corrected chi connectivity index (χ2v) is 6.27. The van der Waals surface area contributed by atoms with E-state index in [1.165, 1.54) is 11.1 Å². The van der Waals surface area contributed by atoms with Crippen molar-refractivity contribution in [2.75, 3.05) is 6.54 Å². The minimum Gasteiger partial charge on any atom is -0.345 e. The fourth-order valence-electron chi connectivity index (χ4n) is 3.37. The molecule has 0 saturated carbocycles. The van der Waals surface area contributed by atoms with Gasteiger partial charge >= 0.3 is 11.7 Å². The van der Waals surface area contributed by atoms with Crippen molar-refractivity contribution in [1.82, 2.24) is 10.3 Å². The van der Waals surface area contributed by atoms with Gasteiger partial charge < -0.3 is 5.32 Å². The largest absolute Gasteiger partial charge is 0.352 e. The molecule has 1 unspecified atom stereocenters. The minimum absolute atomic E-state index is 0.137. The molecule has 0 spiro atoms. The number of rotatable bonds is 3. The summed E-state index contributed by atoms with van der Waals surface area (Å²) in [6.45, 7) is 0.640. The van der Waals surface area contributed by atoms with Gasteiger partial charge in [-0.1, -0.05) is 30.3 Å². The van der Waals surface area contributed by atoms with Gasteiger partial charge in [-0.25, -0.2) is 4.98 Å². The van der Waals surface area contributed by atoms with Crippen molar-refractivity contribution in [1.29, 1.82) is 0 Å². The van der Waals surface area contributed by atoms with Gasteiger partial charge in [0.1, 0.15) is 0 Å². The van der Waals surface area contributed by atoms with E-state index in [0.717, 1.165) is 18.4 Å². The molecule has 116 valence electrons. The molecule has 0 saturated heterocycles. The first-order valence-corrected chi connectivity index (χ1v) is 8.15. The Balaban J connectivity index is 1.53. The molecule has 4 rings (SSSR count). The van der Waals surface area contributed by atoms with Gasteiger partial charge in [0.25, 0.3) is 0 Å². The van der Waals surface area contributed by atoms with Crippen LogP contribution < -0.4 is 9.72 Å². The number of hydrogen-bond donors (Lipinski definition) is 2. The van der Waals surface area contributed by atoms with Crippen LogP contribution in [0.3, 0.4) is 0 Å². The number of carbonyl (C=O) groups excluding carboxylic acids is 1. The number of fused-ring (bicyclic) bond motifs is 2. The van der Waals surface area contributed by atoms with Gasteiger partial charge in [-0.2, -0.15) is 4.40 Å². The SMILES string of the molecule is O=C(NCC1CCc2ccccc21)c1[nH]c(Cl)c2cccc[n+]12. The summed E-state index contributed by atoms with van der Waals surface area (Å²) in [5.74, 6) is 0.705. The van der Waals surface area contributed by atoms with Crippen LogP contribution in [0.15, 0.2) is 48.7 Å². The lowest BCUT2D eigenvalue weighted by atomic mass is 10.0. The van der Waals surface area contributed by atoms with E-state index in [2.05, 4.69) is 34.6 Å². The maximum Gasteiger partial charge on any atom is 0.352 e. The molecule has 23 heavy (non-hydrogen) atoms. The van der Waals surface area contributed by atoms with Crippen LogP contribution in [0, 0.1) is 0 Å². The minimum atomic E-state index is -0.137. The third-order valence-electron chi connectivity index (χ3n) is 4.53. The molecular formula is C18H17ClN3O+. The summed E-state index contributed by atoms with van der Waals surface area (Å²) in [6.07, 6.45) is 4.00. The molecule has 3 aromatic rings. The van der Waals surface area contributed by atoms with Crippen LogP contribution in [0.4, 0.5) is 0 Å². The van der Waals surface area contributed by atoms with E-state index in [0.29, 0.717) is 23.4 Å². The second-order valence-electron chi connectivity index (χ2n) is 5.89. The number of hydrogen-bond acceptors (Lipinski definition) is 1. The number of aromatic amines is 1. The van der Waals surface area contributed by atoms with Gasteiger partial charge in [-0.3, -0.25) is 4.79 Å². The fraction of sp³-hybridized carbons (Fsp3) is 0.222. The molecule has 1 aliphatic carbocycles. The van der Waals surface area contributed by atoms with Gasteiger partial charge in [0, 0.05) is 12.5 Å². The van der Waals surface area contributed by atoms with Gasteiger partial charge in [0.2, 0.25) is 5.15 Å². The number of imidazole rings is 1. The van der Waals surface area contributed by atoms with E-state index in [9.17, 15) is 4.79 Å². The zero-order valence-electron chi connectivity index (χ0n) is 12.6. The summed E-state index contributed by atoms with van der Waals surface area (Å²) in [7, 11) is 0. The van der Waals surface area contributed by atoms with Crippen molar-refractivity contribution < 1.29 is 9.20 Å². The van der Waals surface area contributed by atoms with E-state index in [4.69, 9.17) is 11.6 Å². The summed E-state index contributed by atoms with van der Waals surface area (Å²) < 4.78 is 1.78. The smallest absolute Gasteiger partial charge is 0.345 e. The molecule has 0 bridgehead atoms. The maximum atomic E-state index is 12.5. The first-order chi connectivity index (χ1) is 11.2. The van der Waals surface area contributed by atoms with Crippen LogP contribution in [0.1, 0.15) is 34.1 Å². The van der Waals surface area contributed by atoms with Crippen LogP contribution in [0.25, 0.3) is 5.52 Å². The van der Waals surface area contributed by atoms with Gasteiger partial charge in [-0.15, -0.1) is 0 Å². The van der Waals surface area contributed by atoms with Crippen LogP contribution >= 0.6 is 11.6 Å². The lowest BCUT2D eigenvalue weighted by molar-refractivity contribution is -0.514. The number of pyridine rings is 1. The first-order valence-electron chi connectivity index (χ1n) is 7.78. The van der Waals surface area contributed by atoms with E-state index in [1.807, 2.05) is 24.4 Å². The zero-order chi connectivity index (χ0) is 15.8. The molecule has 0 aliphatic heterocycles. The number of nitrogens with zero attached hydrogens (tertiary/aromatic N) is 1. The van der Waals surface area contributed by atoms with E-state index in [-0.39, 0.29) is 5.91 Å². The third kappa shape index (κ3) is 2.49. The highest BCUT2D eigenvalue weighted by Gasteiger charge is 2.26. The van der Waals surface area contributed by atoms with Crippen LogP contribution in [0.2, 0.25) is 5.15 Å². The van der Waals surface area contributed by atoms with E-state index < -0.39 is 0 Å². The molecular weight excluding hydrogens is 310 g/mol. The van der Waals surface area contributed by atoms with Crippen molar-refractivity contribution >= 4 is 23.0 Å². The molecule has 2 heterocycles. The molecule has 1 amide bonds. The Bertz CT molecular complexity index is 887. The van der Waals surface area contributed by atoms with Crippen molar-refractivity contribution in [3.8, 4) is 0 Å². The number of amides is 1. The summed E-state index contributed by atoms with van der Waals surface area (Å²) >= 11 is 6.16. The maximum absolute atomic E-state index is 12.5. The number of H-pyrrole nitrogens is 1. The van der Waals surface area contributed by atoms with Gasteiger partial charge in [-0.05, 0) is 47.7 Å². The molecule has 4 nitrogen and oxygen atoms in total. The van der Waals surface area contributed by atoms with Crippen molar-refractivity contribution in [3.63, 3.8) is 0 Å². The Labute approximate surface area is 139 Å². The summed E-state index contributed by atoms with van der Waals surface area (Å²) in [4.78, 5) is 15.5. The highest BCUT2D eigenvalue weighted by Crippen LogP contribution is 2.32. The summed E-state index contributed by atoms with van der Waals surface area (Å²) in [6, 6.07) is 14.1. The van der Waals surface area contributed by atoms with Crippen molar-refractivity contribution in [2.24, 2.45) is 0 Å². The standard InChI is InChI=1S/C18H16ClN3O/c19-16-15-7-3-4-10-22(15)17(21-16)18(23)20-11-13-9-8-12-5-1-2-6-14(12)13/h1-7,10,13H,8-9,11H2,(H,20,23)/p+1. The fourth-order valence-corrected chi connectivity index (χ4v) is 3.61. The molecule has 5 heteroatoms. The lowest BCUT2D eigenvalue weighted by Crippen LogP contribution is -2.36. The van der Waals surface area contributed by atoms with Crippen LogP contribution in [-0.4, -0.2) is 17.4 Å². The molecule has 1 aromatic carbocycles. The van der Waals surface area contributed by atoms with Crippen molar-refractivity contribution in [3.05, 3.63) is 70.8 Å². The average molecular weight is 327 g/mol. The Kier molecular flexibility index (Phi) is 3.54. The van der Waals surface area contributed by atoms with Crippen LogP contribution in [0.5, 0.6) is 0 Å². The zero-order valence-corrected chi connectivity index (χ0v) is 13.3. The summed E-state index contributed by atoms with van der Waals surface area (Å²) in [5.41, 5.74) is 3.55. The summed E-state index contributed by atoms with van der Waals surface area (Å²) in [5, 5.41) is 3.51. The van der Waals surface area contributed by atoms with Gasteiger partial charge in [0.05, 0.1) is 6.20 Å². The topological polar surface area (TPSA) is 49.0 Å². The Hall–Kier alpha value is -2.33. The Morgan fingerprint density at radius 2 is 2.09 bits per heavy atom. The molecule has 0 radical (unpaired) electrons. The number of nitrogens with one attached hydrogen (secondary N) is 2. The first kappa shape index (κ1) is 14.3. The quantitative estimate of drug-likeness (QED) is 0.714. The molecule has 1 aliphatic rings. The van der Waals surface area contributed by atoms with E-state index in [1.54, 1.807) is 4.40 Å². The van der Waals surface area contributed by atoms with Crippen molar-refractivity contribution in [2.45, 2.75) is 18.8 Å². The number of aromatic nitrogens is 2. The third-order valence-corrected chi connectivity index (χ3v) is 4.82. The predicted molar refractivity (Wildman–Crippen MR) is 88.8 cm³/mol. The second kappa shape index (κ2) is 5.70. The van der Waals surface area contributed by atoms with Gasteiger partial charge in [0.15, 0.2) is 5.52 Å². The molecule has 0 fully saturated rings. The highest BCUT2D eigenvalue weighted by atomic mass is 35.5. The number of aryl methyl sites for hydroxylation is 1. The lowest BCUT2D eigenvalue weighted by Gasteiger charge is -2.11. The van der Waals surface area contributed by atoms with Crippen LogP contribution in [-0.2, 0) is 6.42 Å². The number of halogens is 1.